The zero-order valence-electron chi connectivity index (χ0n) is 13.9. The van der Waals surface area contributed by atoms with Crippen molar-refractivity contribution in [1.82, 2.24) is 19.4 Å². The Hall–Kier alpha value is -1.76. The first kappa shape index (κ1) is 15.7. The Morgan fingerprint density at radius 1 is 1.29 bits per heavy atom. The third-order valence-corrected chi connectivity index (χ3v) is 4.87. The molecule has 2 unspecified atom stereocenters. The predicted octanol–water partition coefficient (Wildman–Crippen LogP) is 1.59. The number of aromatic nitrogens is 3. The molecule has 2 fully saturated rings. The van der Waals surface area contributed by atoms with Crippen LogP contribution in [0.4, 0.5) is 0 Å². The second-order valence-corrected chi connectivity index (χ2v) is 6.95. The van der Waals surface area contributed by atoms with Crippen molar-refractivity contribution in [2.45, 2.75) is 25.1 Å². The summed E-state index contributed by atoms with van der Waals surface area (Å²) in [6.07, 6.45) is 10.5. The summed E-state index contributed by atoms with van der Waals surface area (Å²) in [6.45, 7) is 5.96. The van der Waals surface area contributed by atoms with Gasteiger partial charge in [0.2, 0.25) is 0 Å². The monoisotopic (exact) mass is 328 g/mol. The lowest BCUT2D eigenvalue weighted by molar-refractivity contribution is -0.0563. The quantitative estimate of drug-likeness (QED) is 0.853. The first-order valence-electron chi connectivity index (χ1n) is 8.60. The van der Waals surface area contributed by atoms with Gasteiger partial charge in [-0.05, 0) is 18.1 Å². The molecule has 0 bridgehead atoms. The lowest BCUT2D eigenvalue weighted by Gasteiger charge is -2.31. The van der Waals surface area contributed by atoms with Gasteiger partial charge in [0.15, 0.2) is 0 Å². The van der Waals surface area contributed by atoms with Crippen LogP contribution in [0.1, 0.15) is 12.0 Å². The zero-order valence-corrected chi connectivity index (χ0v) is 13.9. The molecule has 2 saturated heterocycles. The van der Waals surface area contributed by atoms with Crippen LogP contribution in [0.3, 0.4) is 0 Å². The van der Waals surface area contributed by atoms with E-state index in [1.807, 2.05) is 37.2 Å². The molecule has 4 heterocycles. The number of ether oxygens (including phenoxy) is 2. The minimum atomic E-state index is -0.177. The lowest BCUT2D eigenvalue weighted by atomic mass is 9.94. The largest absolute Gasteiger partial charge is 0.377 e. The number of rotatable bonds is 4. The summed E-state index contributed by atoms with van der Waals surface area (Å²) in [5.41, 5.74) is 1.06. The highest BCUT2D eigenvalue weighted by molar-refractivity contribution is 5.08. The Kier molecular flexibility index (Phi) is 4.60. The van der Waals surface area contributed by atoms with Crippen molar-refractivity contribution in [1.29, 1.82) is 0 Å². The molecule has 0 saturated carbocycles. The minimum Gasteiger partial charge on any atom is -0.377 e. The predicted molar refractivity (Wildman–Crippen MR) is 89.4 cm³/mol. The van der Waals surface area contributed by atoms with Gasteiger partial charge in [-0.3, -0.25) is 9.88 Å². The van der Waals surface area contributed by atoms with Crippen LogP contribution in [0.15, 0.2) is 43.2 Å². The molecule has 4 rings (SSSR count). The zero-order chi connectivity index (χ0) is 16.2. The van der Waals surface area contributed by atoms with Gasteiger partial charge in [-0.15, -0.1) is 0 Å². The van der Waals surface area contributed by atoms with E-state index in [9.17, 15) is 0 Å². The topological polar surface area (TPSA) is 52.4 Å². The molecule has 2 aliphatic rings. The normalized spacial score (nSPS) is 28.2. The molecule has 24 heavy (non-hydrogen) atoms. The van der Waals surface area contributed by atoms with Gasteiger partial charge in [-0.2, -0.15) is 0 Å². The maximum atomic E-state index is 6.27. The van der Waals surface area contributed by atoms with Gasteiger partial charge >= 0.3 is 0 Å². The fourth-order valence-corrected chi connectivity index (χ4v) is 3.83. The fourth-order valence-electron chi connectivity index (χ4n) is 3.83. The van der Waals surface area contributed by atoms with Crippen molar-refractivity contribution in [3.63, 3.8) is 0 Å². The van der Waals surface area contributed by atoms with Gasteiger partial charge in [-0.1, -0.05) is 6.07 Å². The maximum absolute atomic E-state index is 6.27. The summed E-state index contributed by atoms with van der Waals surface area (Å²) in [5, 5.41) is 0. The molecule has 2 aromatic rings. The Morgan fingerprint density at radius 3 is 3.12 bits per heavy atom. The second-order valence-electron chi connectivity index (χ2n) is 6.95. The van der Waals surface area contributed by atoms with Crippen LogP contribution in [0, 0.1) is 5.92 Å². The highest BCUT2D eigenvalue weighted by Gasteiger charge is 2.43. The molecule has 2 aliphatic heterocycles. The summed E-state index contributed by atoms with van der Waals surface area (Å²) in [4.78, 5) is 10.8. The van der Waals surface area contributed by atoms with E-state index in [4.69, 9.17) is 9.47 Å². The van der Waals surface area contributed by atoms with Gasteiger partial charge in [0, 0.05) is 56.9 Å². The van der Waals surface area contributed by atoms with Crippen molar-refractivity contribution in [2.24, 2.45) is 5.92 Å². The van der Waals surface area contributed by atoms with Gasteiger partial charge < -0.3 is 14.0 Å². The Bertz CT molecular complexity index is 634. The van der Waals surface area contributed by atoms with Gasteiger partial charge in [0.25, 0.3) is 0 Å². The van der Waals surface area contributed by atoms with Crippen LogP contribution in [0.2, 0.25) is 0 Å². The summed E-state index contributed by atoms with van der Waals surface area (Å²) in [5.74, 6) is 0.515. The van der Waals surface area contributed by atoms with E-state index in [1.165, 1.54) is 5.56 Å². The molecule has 1 spiro atoms. The van der Waals surface area contributed by atoms with E-state index >= 15 is 0 Å². The third kappa shape index (κ3) is 3.66. The molecule has 0 aromatic carbocycles. The molecule has 6 heteroatoms. The average molecular weight is 328 g/mol. The molecule has 0 N–H and O–H groups in total. The summed E-state index contributed by atoms with van der Waals surface area (Å²) in [6, 6.07) is 4.12. The van der Waals surface area contributed by atoms with Crippen molar-refractivity contribution >= 4 is 0 Å². The third-order valence-electron chi connectivity index (χ3n) is 4.87. The summed E-state index contributed by atoms with van der Waals surface area (Å²) < 4.78 is 14.3. The van der Waals surface area contributed by atoms with Gasteiger partial charge in [0.1, 0.15) is 5.60 Å². The number of hydrogen-bond acceptors (Lipinski definition) is 5. The first-order chi connectivity index (χ1) is 11.8. The highest BCUT2D eigenvalue weighted by atomic mass is 16.5. The van der Waals surface area contributed by atoms with E-state index in [1.54, 1.807) is 0 Å². The Morgan fingerprint density at radius 2 is 2.29 bits per heavy atom. The molecule has 0 aliphatic carbocycles. The van der Waals surface area contributed by atoms with Crippen LogP contribution in [0.25, 0.3) is 0 Å². The van der Waals surface area contributed by atoms with E-state index < -0.39 is 0 Å². The number of pyridine rings is 1. The van der Waals surface area contributed by atoms with Crippen LogP contribution in [0.5, 0.6) is 0 Å². The van der Waals surface area contributed by atoms with E-state index in [0.717, 1.165) is 45.8 Å². The molecular formula is C18H24N4O2. The van der Waals surface area contributed by atoms with E-state index in [2.05, 4.69) is 25.5 Å². The van der Waals surface area contributed by atoms with E-state index in [-0.39, 0.29) is 5.60 Å². The SMILES string of the molecule is c1cncc(CN2CCOCC3(CC(Cn4ccnc4)CO3)C2)c1. The smallest absolute Gasteiger partial charge is 0.104 e. The summed E-state index contributed by atoms with van der Waals surface area (Å²) in [7, 11) is 0. The Labute approximate surface area is 142 Å². The molecule has 2 atom stereocenters. The molecule has 2 aromatic heterocycles. The molecule has 0 radical (unpaired) electrons. The lowest BCUT2D eigenvalue weighted by Crippen LogP contribution is -2.43. The fraction of sp³-hybridized carbons (Fsp3) is 0.556. The molecule has 128 valence electrons. The number of nitrogens with zero attached hydrogens (tertiary/aromatic N) is 4. The first-order valence-corrected chi connectivity index (χ1v) is 8.60. The van der Waals surface area contributed by atoms with Crippen molar-refractivity contribution in [2.75, 3.05) is 32.9 Å². The second kappa shape index (κ2) is 7.01. The maximum Gasteiger partial charge on any atom is 0.104 e. The standard InChI is InChI=1S/C18H24N4O2/c1-2-16(9-19-3-1)10-21-6-7-23-14-18(13-21)8-17(12-24-18)11-22-5-4-20-15-22/h1-5,9,15,17H,6-8,10-14H2. The summed E-state index contributed by atoms with van der Waals surface area (Å²) >= 11 is 0. The number of imidazole rings is 1. The van der Waals surface area contributed by atoms with E-state index in [0.29, 0.717) is 12.5 Å². The highest BCUT2D eigenvalue weighted by Crippen LogP contribution is 2.33. The molecule has 0 amide bonds. The Balaban J connectivity index is 1.40. The van der Waals surface area contributed by atoms with Crippen molar-refractivity contribution in [3.8, 4) is 0 Å². The van der Waals surface area contributed by atoms with Crippen LogP contribution >= 0.6 is 0 Å². The van der Waals surface area contributed by atoms with Crippen molar-refractivity contribution in [3.05, 3.63) is 48.8 Å². The minimum absolute atomic E-state index is 0.177. The average Bonchev–Trinajstić information content (AvgIpc) is 3.19. The van der Waals surface area contributed by atoms with Gasteiger partial charge in [-0.25, -0.2) is 4.98 Å². The molecular weight excluding hydrogens is 304 g/mol. The molecule has 6 nitrogen and oxygen atoms in total. The van der Waals surface area contributed by atoms with Crippen molar-refractivity contribution < 1.29 is 9.47 Å². The van der Waals surface area contributed by atoms with Crippen LogP contribution in [-0.2, 0) is 22.6 Å². The van der Waals surface area contributed by atoms with Crippen LogP contribution < -0.4 is 0 Å². The van der Waals surface area contributed by atoms with Crippen LogP contribution in [-0.4, -0.2) is 57.9 Å². The number of hydrogen-bond donors (Lipinski definition) is 0. The van der Waals surface area contributed by atoms with Gasteiger partial charge in [0.05, 0.1) is 26.1 Å².